The largest absolute Gasteiger partial charge is 0.378 e. The Balaban J connectivity index is 0.00000133. The van der Waals surface area contributed by atoms with E-state index in [1.54, 1.807) is 0 Å². The molecule has 6 heteroatoms. The predicted molar refractivity (Wildman–Crippen MR) is 145 cm³/mol. The second-order valence-electron chi connectivity index (χ2n) is 8.56. The lowest BCUT2D eigenvalue weighted by Gasteiger charge is -2.32. The number of aryl methyl sites for hydroxylation is 2. The van der Waals surface area contributed by atoms with Gasteiger partial charge in [0.1, 0.15) is 11.5 Å². The van der Waals surface area contributed by atoms with Gasteiger partial charge in [-0.05, 0) is 56.5 Å². The maximum Gasteiger partial charge on any atom is 0.143 e. The number of hydrogen-bond acceptors (Lipinski definition) is 5. The number of ether oxygens (including phenoxy) is 1. The topological polar surface area (TPSA) is 43.2 Å². The van der Waals surface area contributed by atoms with Crippen molar-refractivity contribution in [2.75, 3.05) is 30.3 Å². The van der Waals surface area contributed by atoms with E-state index in [0.29, 0.717) is 6.10 Å². The van der Waals surface area contributed by atoms with E-state index in [9.17, 15) is 0 Å². The van der Waals surface area contributed by atoms with Crippen molar-refractivity contribution in [3.63, 3.8) is 0 Å². The monoisotopic (exact) mass is 476 g/mol. The third-order valence-corrected chi connectivity index (χ3v) is 7.42. The fraction of sp³-hybridized carbons (Fsp3) is 0.429. The zero-order chi connectivity index (χ0) is 23.9. The molecule has 4 aromatic rings. The number of fused-ring (bicyclic) bond motifs is 3. The first kappa shape index (κ1) is 24.6. The number of nitrogens with zero attached hydrogens (tertiary/aromatic N) is 4. The summed E-state index contributed by atoms with van der Waals surface area (Å²) in [4.78, 5) is 13.0. The molecule has 0 radical (unpaired) electrons. The number of thioether (sulfide) groups is 1. The first-order chi connectivity index (χ1) is 16.7. The molecule has 0 N–H and O–H groups in total. The lowest BCUT2D eigenvalue weighted by molar-refractivity contribution is 0.0379. The zero-order valence-electron chi connectivity index (χ0n) is 20.8. The highest BCUT2D eigenvalue weighted by Crippen LogP contribution is 2.29. The molecule has 0 aliphatic carbocycles. The van der Waals surface area contributed by atoms with Crippen LogP contribution in [0.5, 0.6) is 0 Å². The van der Waals surface area contributed by atoms with Gasteiger partial charge in [-0.1, -0.05) is 31.5 Å². The standard InChI is InChI=1S/C26H30N4OS.C2H6/c1-19-4-6-21(7-5-19)32-17-3-16-31-20-11-14-30(15-12-20)25-9-8-22-23-18-27-13-10-24(23)29(2)26(22)28-25;1-2/h4-10,13,18,20H,3,11-12,14-17H2,1-2H3;1-2H3. The van der Waals surface area contributed by atoms with Crippen LogP contribution in [0.15, 0.2) is 59.8 Å². The van der Waals surface area contributed by atoms with E-state index in [4.69, 9.17) is 9.72 Å². The predicted octanol–water partition coefficient (Wildman–Crippen LogP) is 6.62. The minimum Gasteiger partial charge on any atom is -0.378 e. The molecule has 1 saturated heterocycles. The Morgan fingerprint density at radius 3 is 2.53 bits per heavy atom. The molecule has 180 valence electrons. The number of anilines is 1. The first-order valence-corrected chi connectivity index (χ1v) is 13.4. The van der Waals surface area contributed by atoms with Gasteiger partial charge in [0.15, 0.2) is 0 Å². The molecule has 34 heavy (non-hydrogen) atoms. The van der Waals surface area contributed by atoms with E-state index < -0.39 is 0 Å². The summed E-state index contributed by atoms with van der Waals surface area (Å²) in [5.41, 5.74) is 3.51. The van der Waals surface area contributed by atoms with Crippen LogP contribution in [0, 0.1) is 6.92 Å². The summed E-state index contributed by atoms with van der Waals surface area (Å²) >= 11 is 1.91. The molecule has 0 spiro atoms. The first-order valence-electron chi connectivity index (χ1n) is 12.4. The third kappa shape index (κ3) is 5.56. The lowest BCUT2D eigenvalue weighted by atomic mass is 10.1. The zero-order valence-corrected chi connectivity index (χ0v) is 21.6. The highest BCUT2D eigenvalue weighted by Gasteiger charge is 2.21. The smallest absolute Gasteiger partial charge is 0.143 e. The van der Waals surface area contributed by atoms with Crippen molar-refractivity contribution in [1.82, 2.24) is 14.5 Å². The van der Waals surface area contributed by atoms with Crippen LogP contribution >= 0.6 is 11.8 Å². The minimum absolute atomic E-state index is 0.364. The fourth-order valence-electron chi connectivity index (χ4n) is 4.47. The van der Waals surface area contributed by atoms with E-state index in [2.05, 4.69) is 70.9 Å². The van der Waals surface area contributed by atoms with Crippen molar-refractivity contribution in [3.8, 4) is 0 Å². The number of benzene rings is 1. The second kappa shape index (κ2) is 11.7. The van der Waals surface area contributed by atoms with Crippen LogP contribution in [0.3, 0.4) is 0 Å². The molecule has 1 aromatic carbocycles. The number of aromatic nitrogens is 3. The summed E-state index contributed by atoms with van der Waals surface area (Å²) in [6.07, 6.45) is 7.35. The molecule has 0 amide bonds. The normalized spacial score (nSPS) is 14.4. The molecule has 1 fully saturated rings. The molecule has 0 atom stereocenters. The van der Waals surface area contributed by atoms with E-state index in [0.717, 1.165) is 61.6 Å². The Bertz CT molecular complexity index is 1200. The highest BCUT2D eigenvalue weighted by molar-refractivity contribution is 7.99. The van der Waals surface area contributed by atoms with Crippen molar-refractivity contribution in [1.29, 1.82) is 0 Å². The van der Waals surface area contributed by atoms with Gasteiger partial charge in [-0.15, -0.1) is 11.8 Å². The molecule has 5 nitrogen and oxygen atoms in total. The molecule has 1 aliphatic heterocycles. The summed E-state index contributed by atoms with van der Waals surface area (Å²) in [6.45, 7) is 8.96. The number of pyridine rings is 2. The highest BCUT2D eigenvalue weighted by atomic mass is 32.2. The molecule has 0 unspecified atom stereocenters. The molecule has 5 rings (SSSR count). The Kier molecular flexibility index (Phi) is 8.46. The van der Waals surface area contributed by atoms with Gasteiger partial charge in [0.25, 0.3) is 0 Å². The molecular formula is C28H36N4OS. The fourth-order valence-corrected chi connectivity index (χ4v) is 5.29. The average molecular weight is 477 g/mol. The van der Waals surface area contributed by atoms with Crippen LogP contribution in [0.4, 0.5) is 5.82 Å². The molecule has 0 bridgehead atoms. The van der Waals surface area contributed by atoms with E-state index in [-0.39, 0.29) is 0 Å². The summed E-state index contributed by atoms with van der Waals surface area (Å²) in [6, 6.07) is 15.2. The second-order valence-corrected chi connectivity index (χ2v) is 9.73. The third-order valence-electron chi connectivity index (χ3n) is 6.33. The Morgan fingerprint density at radius 2 is 1.76 bits per heavy atom. The van der Waals surface area contributed by atoms with E-state index in [1.165, 1.54) is 21.4 Å². The van der Waals surface area contributed by atoms with Crippen LogP contribution in [-0.4, -0.2) is 46.1 Å². The number of hydrogen-bond donors (Lipinski definition) is 0. The number of rotatable bonds is 7. The van der Waals surface area contributed by atoms with Crippen LogP contribution in [0.25, 0.3) is 21.9 Å². The minimum atomic E-state index is 0.364. The summed E-state index contributed by atoms with van der Waals surface area (Å²) in [7, 11) is 2.08. The van der Waals surface area contributed by atoms with Gasteiger partial charge in [0.05, 0.1) is 11.6 Å². The quantitative estimate of drug-likeness (QED) is 0.221. The summed E-state index contributed by atoms with van der Waals surface area (Å²) < 4.78 is 8.35. The van der Waals surface area contributed by atoms with Crippen molar-refractivity contribution >= 4 is 39.5 Å². The van der Waals surface area contributed by atoms with Gasteiger partial charge in [0.2, 0.25) is 0 Å². The van der Waals surface area contributed by atoms with E-state index in [1.807, 2.05) is 38.0 Å². The van der Waals surface area contributed by atoms with Gasteiger partial charge in [-0.25, -0.2) is 4.98 Å². The van der Waals surface area contributed by atoms with Crippen molar-refractivity contribution in [2.45, 2.75) is 51.0 Å². The van der Waals surface area contributed by atoms with Crippen LogP contribution in [-0.2, 0) is 11.8 Å². The lowest BCUT2D eigenvalue weighted by Crippen LogP contribution is -2.37. The van der Waals surface area contributed by atoms with Crippen molar-refractivity contribution in [3.05, 3.63) is 60.4 Å². The van der Waals surface area contributed by atoms with Crippen molar-refractivity contribution < 1.29 is 4.74 Å². The molecular weight excluding hydrogens is 440 g/mol. The van der Waals surface area contributed by atoms with Gasteiger partial charge < -0.3 is 14.2 Å². The summed E-state index contributed by atoms with van der Waals surface area (Å²) in [5.74, 6) is 2.16. The SMILES string of the molecule is CC.Cc1ccc(SCCCOC2CCN(c3ccc4c5cnccc5n(C)c4n3)CC2)cc1. The van der Waals surface area contributed by atoms with Crippen molar-refractivity contribution in [2.24, 2.45) is 7.05 Å². The maximum absolute atomic E-state index is 6.18. The Hall–Kier alpha value is -2.57. The van der Waals surface area contributed by atoms with Gasteiger partial charge in [-0.2, -0.15) is 0 Å². The van der Waals surface area contributed by atoms with Crippen LogP contribution in [0.2, 0.25) is 0 Å². The Labute approximate surface area is 207 Å². The Morgan fingerprint density at radius 1 is 1.00 bits per heavy atom. The van der Waals surface area contributed by atoms with E-state index >= 15 is 0 Å². The molecule has 4 heterocycles. The van der Waals surface area contributed by atoms with Gasteiger partial charge >= 0.3 is 0 Å². The molecule has 1 aliphatic rings. The molecule has 0 saturated carbocycles. The van der Waals surface area contributed by atoms with Gasteiger partial charge in [0, 0.05) is 60.6 Å². The maximum atomic E-state index is 6.18. The number of piperidine rings is 1. The average Bonchev–Trinajstić information content (AvgIpc) is 3.18. The summed E-state index contributed by atoms with van der Waals surface area (Å²) in [5, 5.41) is 2.33. The molecule has 3 aromatic heterocycles. The van der Waals surface area contributed by atoms with Crippen LogP contribution < -0.4 is 4.90 Å². The van der Waals surface area contributed by atoms with Gasteiger partial charge in [-0.3, -0.25) is 4.98 Å². The van der Waals surface area contributed by atoms with Crippen LogP contribution in [0.1, 0.15) is 38.7 Å².